The van der Waals surface area contributed by atoms with Crippen molar-refractivity contribution >= 4 is 11.7 Å². The van der Waals surface area contributed by atoms with Crippen molar-refractivity contribution < 1.29 is 14.3 Å². The van der Waals surface area contributed by atoms with Gasteiger partial charge in [0, 0.05) is 31.4 Å². The number of carbonyl (C=O) groups is 1. The Morgan fingerprint density at radius 2 is 2.24 bits per heavy atom. The molecule has 0 unspecified atom stereocenters. The fourth-order valence-corrected chi connectivity index (χ4v) is 2.89. The molecule has 6 heteroatoms. The fourth-order valence-electron chi connectivity index (χ4n) is 2.89. The molecule has 6 nitrogen and oxygen atoms in total. The maximum Gasteiger partial charge on any atom is 0.252 e. The molecule has 0 atom stereocenters. The van der Waals surface area contributed by atoms with Gasteiger partial charge in [0.1, 0.15) is 5.82 Å². The van der Waals surface area contributed by atoms with Crippen molar-refractivity contribution in [1.29, 1.82) is 0 Å². The van der Waals surface area contributed by atoms with Crippen LogP contribution in [0.5, 0.6) is 11.5 Å². The Kier molecular flexibility index (Phi) is 5.38. The molecule has 0 bridgehead atoms. The van der Waals surface area contributed by atoms with Crippen LogP contribution in [0.15, 0.2) is 36.5 Å². The SMILES string of the molecule is CCNC(=O)c1ccc(N2CCCOc3c(cccc3OC)C2)nc1. The molecule has 1 aliphatic heterocycles. The van der Waals surface area contributed by atoms with E-state index >= 15 is 0 Å². The zero-order valence-corrected chi connectivity index (χ0v) is 14.6. The van der Waals surface area contributed by atoms with Crippen molar-refractivity contribution in [2.75, 3.05) is 31.7 Å². The van der Waals surface area contributed by atoms with Gasteiger partial charge in [0.25, 0.3) is 5.91 Å². The van der Waals surface area contributed by atoms with Crippen molar-refractivity contribution in [3.8, 4) is 11.5 Å². The normalized spacial score (nSPS) is 13.9. The van der Waals surface area contributed by atoms with Gasteiger partial charge in [-0.15, -0.1) is 0 Å². The topological polar surface area (TPSA) is 63.7 Å². The molecular weight excluding hydrogens is 318 g/mol. The van der Waals surface area contributed by atoms with Gasteiger partial charge >= 0.3 is 0 Å². The number of aromatic nitrogens is 1. The maximum atomic E-state index is 11.9. The second kappa shape index (κ2) is 7.88. The number of anilines is 1. The van der Waals surface area contributed by atoms with E-state index in [1.54, 1.807) is 13.3 Å². The van der Waals surface area contributed by atoms with Crippen LogP contribution in [0.1, 0.15) is 29.3 Å². The molecular formula is C19H23N3O3. The van der Waals surface area contributed by atoms with E-state index in [9.17, 15) is 4.79 Å². The minimum atomic E-state index is -0.0994. The van der Waals surface area contributed by atoms with Gasteiger partial charge in [0.05, 0.1) is 19.3 Å². The number of para-hydroxylation sites is 1. The molecule has 2 aromatic rings. The molecule has 1 aromatic carbocycles. The lowest BCUT2D eigenvalue weighted by atomic mass is 10.1. The van der Waals surface area contributed by atoms with Crippen LogP contribution in [-0.2, 0) is 6.54 Å². The number of nitrogens with zero attached hydrogens (tertiary/aromatic N) is 2. The predicted molar refractivity (Wildman–Crippen MR) is 96.4 cm³/mol. The van der Waals surface area contributed by atoms with Gasteiger partial charge in [-0.05, 0) is 31.5 Å². The van der Waals surface area contributed by atoms with Crippen molar-refractivity contribution in [2.45, 2.75) is 19.9 Å². The number of carbonyl (C=O) groups excluding carboxylic acids is 1. The third kappa shape index (κ3) is 3.84. The maximum absolute atomic E-state index is 11.9. The van der Waals surface area contributed by atoms with E-state index in [2.05, 4.69) is 15.2 Å². The Balaban J connectivity index is 1.83. The smallest absolute Gasteiger partial charge is 0.252 e. The number of fused-ring (bicyclic) bond motifs is 1. The molecule has 0 aliphatic carbocycles. The van der Waals surface area contributed by atoms with E-state index in [0.29, 0.717) is 25.3 Å². The zero-order valence-electron chi connectivity index (χ0n) is 14.6. The Morgan fingerprint density at radius 1 is 1.36 bits per heavy atom. The van der Waals surface area contributed by atoms with Crippen molar-refractivity contribution in [3.63, 3.8) is 0 Å². The minimum Gasteiger partial charge on any atom is -0.493 e. The van der Waals surface area contributed by atoms with E-state index < -0.39 is 0 Å². The summed E-state index contributed by atoms with van der Waals surface area (Å²) in [7, 11) is 1.65. The van der Waals surface area contributed by atoms with Gasteiger partial charge in [-0.3, -0.25) is 4.79 Å². The molecule has 0 fully saturated rings. The fraction of sp³-hybridized carbons (Fsp3) is 0.368. The van der Waals surface area contributed by atoms with E-state index in [0.717, 1.165) is 35.8 Å². The van der Waals surface area contributed by atoms with E-state index in [4.69, 9.17) is 9.47 Å². The standard InChI is InChI=1S/C19H23N3O3/c1-3-20-19(23)14-8-9-17(21-12-14)22-10-5-11-25-18-15(13-22)6-4-7-16(18)24-2/h4,6-9,12H,3,5,10-11,13H2,1-2H3,(H,20,23). The molecule has 1 aromatic heterocycles. The highest BCUT2D eigenvalue weighted by Gasteiger charge is 2.18. The summed E-state index contributed by atoms with van der Waals surface area (Å²) in [6, 6.07) is 9.62. The first-order valence-corrected chi connectivity index (χ1v) is 8.50. The molecule has 25 heavy (non-hydrogen) atoms. The van der Waals surface area contributed by atoms with Crippen LogP contribution in [-0.4, -0.2) is 37.7 Å². The molecule has 0 saturated heterocycles. The number of amides is 1. The van der Waals surface area contributed by atoms with Gasteiger partial charge < -0.3 is 19.7 Å². The number of ether oxygens (including phenoxy) is 2. The number of nitrogens with one attached hydrogen (secondary N) is 1. The summed E-state index contributed by atoms with van der Waals surface area (Å²) in [6.45, 7) is 4.64. The third-order valence-corrected chi connectivity index (χ3v) is 4.13. The monoisotopic (exact) mass is 341 g/mol. The first-order valence-electron chi connectivity index (χ1n) is 8.50. The van der Waals surface area contributed by atoms with Crippen LogP contribution in [0.3, 0.4) is 0 Å². The van der Waals surface area contributed by atoms with Crippen LogP contribution in [0, 0.1) is 0 Å². The summed E-state index contributed by atoms with van der Waals surface area (Å²) in [5, 5.41) is 2.78. The minimum absolute atomic E-state index is 0.0994. The lowest BCUT2D eigenvalue weighted by molar-refractivity contribution is 0.0955. The predicted octanol–water partition coefficient (Wildman–Crippen LogP) is 2.63. The average molecular weight is 341 g/mol. The summed E-state index contributed by atoms with van der Waals surface area (Å²) >= 11 is 0. The Bertz CT molecular complexity index is 731. The van der Waals surface area contributed by atoms with Crippen molar-refractivity contribution in [2.24, 2.45) is 0 Å². The summed E-state index contributed by atoms with van der Waals surface area (Å²) in [4.78, 5) is 18.6. The van der Waals surface area contributed by atoms with Crippen LogP contribution in [0.25, 0.3) is 0 Å². The highest BCUT2D eigenvalue weighted by molar-refractivity contribution is 5.94. The quantitative estimate of drug-likeness (QED) is 0.926. The zero-order chi connectivity index (χ0) is 17.6. The Labute approximate surface area is 147 Å². The van der Waals surface area contributed by atoms with Gasteiger partial charge in [-0.25, -0.2) is 4.98 Å². The van der Waals surface area contributed by atoms with Gasteiger partial charge in [0.2, 0.25) is 0 Å². The number of methoxy groups -OCH3 is 1. The van der Waals surface area contributed by atoms with E-state index in [1.807, 2.05) is 37.3 Å². The molecule has 132 valence electrons. The first kappa shape index (κ1) is 17.1. The average Bonchev–Trinajstić information content (AvgIpc) is 2.62. The second-order valence-electron chi connectivity index (χ2n) is 5.84. The highest BCUT2D eigenvalue weighted by atomic mass is 16.5. The Morgan fingerprint density at radius 3 is 2.96 bits per heavy atom. The number of pyridine rings is 1. The molecule has 2 heterocycles. The number of rotatable bonds is 4. The second-order valence-corrected chi connectivity index (χ2v) is 5.84. The third-order valence-electron chi connectivity index (χ3n) is 4.13. The molecule has 3 rings (SSSR count). The molecule has 0 radical (unpaired) electrons. The Hall–Kier alpha value is -2.76. The summed E-state index contributed by atoms with van der Waals surface area (Å²) < 4.78 is 11.3. The summed E-state index contributed by atoms with van der Waals surface area (Å²) in [5.74, 6) is 2.30. The van der Waals surface area contributed by atoms with Crippen molar-refractivity contribution in [1.82, 2.24) is 10.3 Å². The van der Waals surface area contributed by atoms with Crippen molar-refractivity contribution in [3.05, 3.63) is 47.7 Å². The van der Waals surface area contributed by atoms with Crippen LogP contribution in [0.2, 0.25) is 0 Å². The number of hydrogen-bond donors (Lipinski definition) is 1. The lowest BCUT2D eigenvalue weighted by Gasteiger charge is -2.28. The molecule has 0 spiro atoms. The summed E-state index contributed by atoms with van der Waals surface area (Å²) in [5.41, 5.74) is 1.64. The van der Waals surface area contributed by atoms with Gasteiger partial charge in [-0.2, -0.15) is 0 Å². The van der Waals surface area contributed by atoms with Gasteiger partial charge in [0.15, 0.2) is 11.5 Å². The molecule has 0 saturated carbocycles. The molecule has 1 N–H and O–H groups in total. The number of hydrogen-bond acceptors (Lipinski definition) is 5. The van der Waals surface area contributed by atoms with Crippen LogP contribution in [0.4, 0.5) is 5.82 Å². The van der Waals surface area contributed by atoms with Gasteiger partial charge in [-0.1, -0.05) is 12.1 Å². The van der Waals surface area contributed by atoms with E-state index in [1.165, 1.54) is 0 Å². The largest absolute Gasteiger partial charge is 0.493 e. The van der Waals surface area contributed by atoms with Crippen LogP contribution >= 0.6 is 0 Å². The van der Waals surface area contributed by atoms with Crippen LogP contribution < -0.4 is 19.7 Å². The highest BCUT2D eigenvalue weighted by Crippen LogP contribution is 2.33. The van der Waals surface area contributed by atoms with E-state index in [-0.39, 0.29) is 5.91 Å². The molecule has 1 aliphatic rings. The lowest BCUT2D eigenvalue weighted by Crippen LogP contribution is -2.29. The molecule has 1 amide bonds. The number of benzene rings is 1. The first-order chi connectivity index (χ1) is 12.2. The summed E-state index contributed by atoms with van der Waals surface area (Å²) in [6.07, 6.45) is 2.51.